The molecule has 0 aliphatic heterocycles. The molecule has 0 amide bonds. The second kappa shape index (κ2) is 8.23. The molecule has 31 heavy (non-hydrogen) atoms. The third-order valence-electron chi connectivity index (χ3n) is 5.00. The smallest absolute Gasteiger partial charge is 0.233 e. The summed E-state index contributed by atoms with van der Waals surface area (Å²) in [6, 6.07) is 12.6. The zero-order valence-electron chi connectivity index (χ0n) is 16.7. The molecule has 0 aliphatic carbocycles. The van der Waals surface area contributed by atoms with Gasteiger partial charge in [0.1, 0.15) is 0 Å². The van der Waals surface area contributed by atoms with E-state index in [1.807, 2.05) is 0 Å². The van der Waals surface area contributed by atoms with E-state index in [1.54, 1.807) is 47.3 Å². The van der Waals surface area contributed by atoms with E-state index in [-0.39, 0.29) is 33.3 Å². The highest BCUT2D eigenvalue weighted by Crippen LogP contribution is 2.25. The van der Waals surface area contributed by atoms with E-state index in [0.29, 0.717) is 17.8 Å². The van der Waals surface area contributed by atoms with Gasteiger partial charge in [0.05, 0.1) is 15.4 Å². The zero-order valence-corrected chi connectivity index (χ0v) is 17.5. The van der Waals surface area contributed by atoms with Gasteiger partial charge in [0.25, 0.3) is 0 Å². The zero-order chi connectivity index (χ0) is 22.0. The highest BCUT2D eigenvalue weighted by Gasteiger charge is 2.22. The molecule has 0 N–H and O–H groups in total. The first-order valence-electron chi connectivity index (χ1n) is 9.62. The maximum Gasteiger partial charge on any atom is 0.233 e. The van der Waals surface area contributed by atoms with Gasteiger partial charge in [-0.2, -0.15) is 0 Å². The summed E-state index contributed by atoms with van der Waals surface area (Å²) in [4.78, 5) is 32.6. The number of imidazole rings is 1. The summed E-state index contributed by atoms with van der Waals surface area (Å²) in [5.74, 6) is 0.160. The van der Waals surface area contributed by atoms with Gasteiger partial charge in [-0.1, -0.05) is 30.3 Å². The summed E-state index contributed by atoms with van der Waals surface area (Å²) in [7, 11) is -3.83. The first kappa shape index (κ1) is 20.6. The fraction of sp³-hybridized carbons (Fsp3) is 0.130. The number of sulfone groups is 1. The largest absolute Gasteiger partial charge is 0.294 e. The van der Waals surface area contributed by atoms with Crippen LogP contribution in [-0.2, 0) is 16.3 Å². The van der Waals surface area contributed by atoms with Gasteiger partial charge < -0.3 is 0 Å². The number of aromatic nitrogens is 3. The predicted molar refractivity (Wildman–Crippen MR) is 114 cm³/mol. The Labute approximate surface area is 179 Å². The van der Waals surface area contributed by atoms with Crippen molar-refractivity contribution in [2.75, 3.05) is 0 Å². The predicted octanol–water partition coefficient (Wildman–Crippen LogP) is 3.58. The number of rotatable bonds is 7. The van der Waals surface area contributed by atoms with E-state index < -0.39 is 9.84 Å². The number of Topliss-reactive ketones (excluding diaryl/α,β-unsaturated/α-hetero) is 2. The second-order valence-electron chi connectivity index (χ2n) is 7.10. The molecule has 0 radical (unpaired) electrons. The van der Waals surface area contributed by atoms with Gasteiger partial charge >= 0.3 is 0 Å². The maximum atomic E-state index is 13.0. The molecule has 2 aromatic heterocycles. The molecular weight excluding hydrogens is 414 g/mol. The van der Waals surface area contributed by atoms with E-state index in [1.165, 1.54) is 37.4 Å². The summed E-state index contributed by atoms with van der Waals surface area (Å²) in [6.45, 7) is 1.34. The molecule has 0 atom stereocenters. The number of carbonyl (C=O) groups is 2. The topological polar surface area (TPSA) is 98.5 Å². The lowest BCUT2D eigenvalue weighted by Gasteiger charge is -2.09. The van der Waals surface area contributed by atoms with Gasteiger partial charge in [-0.25, -0.2) is 18.4 Å². The lowest BCUT2D eigenvalue weighted by molar-refractivity contribution is 0.0980. The first-order valence-corrected chi connectivity index (χ1v) is 11.1. The number of aryl methyl sites for hydroxylation is 1. The normalized spacial score (nSPS) is 11.5. The van der Waals surface area contributed by atoms with Crippen molar-refractivity contribution in [1.29, 1.82) is 0 Å². The Kier molecular flexibility index (Phi) is 5.48. The van der Waals surface area contributed by atoms with E-state index in [2.05, 4.69) is 9.97 Å². The molecule has 0 saturated heterocycles. The minimum atomic E-state index is -3.83. The molecular formula is C23H19N3O4S. The monoisotopic (exact) mass is 433 g/mol. The van der Waals surface area contributed by atoms with Crippen molar-refractivity contribution in [3.8, 4) is 0 Å². The Morgan fingerprint density at radius 1 is 1.00 bits per heavy atom. The third-order valence-corrected chi connectivity index (χ3v) is 6.83. The molecule has 7 nitrogen and oxygen atoms in total. The van der Waals surface area contributed by atoms with Gasteiger partial charge in [-0.05, 0) is 37.1 Å². The second-order valence-corrected chi connectivity index (χ2v) is 9.02. The van der Waals surface area contributed by atoms with E-state index in [0.717, 1.165) is 5.56 Å². The number of hydrogen-bond acceptors (Lipinski definition) is 6. The Bertz CT molecular complexity index is 1390. The minimum Gasteiger partial charge on any atom is -0.294 e. The van der Waals surface area contributed by atoms with Crippen LogP contribution in [0, 0.1) is 0 Å². The first-order chi connectivity index (χ1) is 14.9. The third kappa shape index (κ3) is 4.15. The molecule has 2 heterocycles. The lowest BCUT2D eigenvalue weighted by atomic mass is 10.0. The standard InChI is InChI=1S/C23H19N3O4S/c1-16(27)20-4-2-3-5-22(20)31(29,30)19-9-6-17(7-10-19)8-11-21(28)18-14-25-23-24-12-13-26(23)15-18/h2-7,9-10,12-15H,8,11H2,1H3. The summed E-state index contributed by atoms with van der Waals surface area (Å²) in [5.41, 5.74) is 1.50. The Hall–Kier alpha value is -3.65. The lowest BCUT2D eigenvalue weighted by Crippen LogP contribution is -2.08. The van der Waals surface area contributed by atoms with Crippen LogP contribution < -0.4 is 0 Å². The number of fused-ring (bicyclic) bond motifs is 1. The summed E-state index contributed by atoms with van der Waals surface area (Å²) < 4.78 is 27.7. The van der Waals surface area contributed by atoms with Gasteiger partial charge in [0.15, 0.2) is 11.6 Å². The fourth-order valence-electron chi connectivity index (χ4n) is 3.32. The van der Waals surface area contributed by atoms with Crippen LogP contribution in [-0.4, -0.2) is 34.4 Å². The quantitative estimate of drug-likeness (QED) is 0.413. The minimum absolute atomic E-state index is 0.00665. The number of benzene rings is 2. The van der Waals surface area contributed by atoms with Crippen LogP contribution in [0.25, 0.3) is 5.78 Å². The highest BCUT2D eigenvalue weighted by atomic mass is 32.2. The fourth-order valence-corrected chi connectivity index (χ4v) is 4.82. The van der Waals surface area contributed by atoms with Crippen LogP contribution in [0.15, 0.2) is 83.1 Å². The van der Waals surface area contributed by atoms with Crippen LogP contribution in [0.2, 0.25) is 0 Å². The molecule has 0 aliphatic rings. The Morgan fingerprint density at radius 2 is 1.74 bits per heavy atom. The van der Waals surface area contributed by atoms with Gasteiger partial charge in [-0.15, -0.1) is 0 Å². The van der Waals surface area contributed by atoms with Crippen molar-refractivity contribution < 1.29 is 18.0 Å². The van der Waals surface area contributed by atoms with E-state index in [9.17, 15) is 18.0 Å². The SMILES string of the molecule is CC(=O)c1ccccc1S(=O)(=O)c1ccc(CCC(=O)c2cnc3nccn3c2)cc1. The molecule has 156 valence electrons. The average Bonchev–Trinajstić information content (AvgIpc) is 3.25. The molecule has 8 heteroatoms. The number of nitrogens with zero attached hydrogens (tertiary/aromatic N) is 3. The Balaban J connectivity index is 1.49. The van der Waals surface area contributed by atoms with Crippen molar-refractivity contribution in [3.05, 3.63) is 90.0 Å². The molecule has 2 aromatic carbocycles. The van der Waals surface area contributed by atoms with Gasteiger partial charge in [-0.3, -0.25) is 14.0 Å². The van der Waals surface area contributed by atoms with Crippen LogP contribution >= 0.6 is 0 Å². The molecule has 4 rings (SSSR count). The maximum absolute atomic E-state index is 13.0. The molecule has 0 fully saturated rings. The van der Waals surface area contributed by atoms with Crippen molar-refractivity contribution >= 4 is 27.2 Å². The van der Waals surface area contributed by atoms with Gasteiger partial charge in [0, 0.05) is 36.8 Å². The molecule has 0 spiro atoms. The van der Waals surface area contributed by atoms with Crippen molar-refractivity contribution in [2.24, 2.45) is 0 Å². The molecule has 4 aromatic rings. The Morgan fingerprint density at radius 3 is 2.48 bits per heavy atom. The summed E-state index contributed by atoms with van der Waals surface area (Å²) >= 11 is 0. The molecule has 0 bridgehead atoms. The van der Waals surface area contributed by atoms with Crippen LogP contribution in [0.5, 0.6) is 0 Å². The van der Waals surface area contributed by atoms with E-state index in [4.69, 9.17) is 0 Å². The average molecular weight is 433 g/mol. The summed E-state index contributed by atoms with van der Waals surface area (Å²) in [5, 5.41) is 0. The van der Waals surface area contributed by atoms with Crippen molar-refractivity contribution in [2.45, 2.75) is 29.6 Å². The highest BCUT2D eigenvalue weighted by molar-refractivity contribution is 7.91. The van der Waals surface area contributed by atoms with Crippen molar-refractivity contribution in [3.63, 3.8) is 0 Å². The molecule has 0 saturated carbocycles. The van der Waals surface area contributed by atoms with Gasteiger partial charge in [0.2, 0.25) is 15.6 Å². The number of carbonyl (C=O) groups excluding carboxylic acids is 2. The van der Waals surface area contributed by atoms with Crippen LogP contribution in [0.3, 0.4) is 0 Å². The molecule has 0 unspecified atom stereocenters. The van der Waals surface area contributed by atoms with Crippen LogP contribution in [0.1, 0.15) is 39.6 Å². The van der Waals surface area contributed by atoms with Crippen molar-refractivity contribution in [1.82, 2.24) is 14.4 Å². The van der Waals surface area contributed by atoms with Crippen LogP contribution in [0.4, 0.5) is 0 Å². The van der Waals surface area contributed by atoms with E-state index >= 15 is 0 Å². The summed E-state index contributed by atoms with van der Waals surface area (Å²) in [6.07, 6.45) is 7.27. The number of hydrogen-bond donors (Lipinski definition) is 0. The number of ketones is 2.